The van der Waals surface area contributed by atoms with E-state index in [0.717, 1.165) is 39.8 Å². The van der Waals surface area contributed by atoms with E-state index in [0.29, 0.717) is 0 Å². The molecule has 0 heterocycles. The Hall–Kier alpha value is -2.22. The minimum atomic E-state index is 0.738. The van der Waals surface area contributed by atoms with Gasteiger partial charge in [-0.25, -0.2) is 0 Å². The van der Waals surface area contributed by atoms with Crippen LogP contribution in [0.3, 0.4) is 0 Å². The number of benzene rings is 3. The first-order chi connectivity index (χ1) is 12.7. The minimum Gasteiger partial charge on any atom is -0.497 e. The first-order valence-corrected chi connectivity index (χ1v) is 9.26. The number of aryl methyl sites for hydroxylation is 1. The lowest BCUT2D eigenvalue weighted by Crippen LogP contribution is -1.90. The van der Waals surface area contributed by atoms with Crippen molar-refractivity contribution in [2.45, 2.75) is 12.8 Å². The van der Waals surface area contributed by atoms with Gasteiger partial charge in [0.05, 0.1) is 7.11 Å². The molecular weight excluding hydrogens is 363 g/mol. The van der Waals surface area contributed by atoms with Crippen LogP contribution < -0.4 is 4.74 Å². The molecule has 0 fully saturated rings. The van der Waals surface area contributed by atoms with E-state index in [1.165, 1.54) is 11.1 Å². The van der Waals surface area contributed by atoms with Crippen molar-refractivity contribution < 1.29 is 4.74 Å². The third-order valence-electron chi connectivity index (χ3n) is 4.25. The smallest absolute Gasteiger partial charge is 0.118 e. The van der Waals surface area contributed by atoms with Crippen LogP contribution in [0, 0.1) is 0 Å². The van der Waals surface area contributed by atoms with E-state index in [1.54, 1.807) is 7.11 Å². The van der Waals surface area contributed by atoms with Crippen LogP contribution in [-0.2, 0) is 6.42 Å². The Morgan fingerprint density at radius 3 is 1.73 bits per heavy atom. The number of methoxy groups -OCH3 is 1. The summed E-state index contributed by atoms with van der Waals surface area (Å²) in [5, 5.41) is 1.48. The summed E-state index contributed by atoms with van der Waals surface area (Å²) < 4.78 is 5.21. The average molecular weight is 383 g/mol. The molecule has 0 aliphatic carbocycles. The lowest BCUT2D eigenvalue weighted by molar-refractivity contribution is 0.414. The van der Waals surface area contributed by atoms with Crippen molar-refractivity contribution in [2.24, 2.45) is 0 Å². The van der Waals surface area contributed by atoms with Gasteiger partial charge < -0.3 is 4.74 Å². The van der Waals surface area contributed by atoms with Crippen LogP contribution >= 0.6 is 23.2 Å². The van der Waals surface area contributed by atoms with Crippen LogP contribution in [0.1, 0.15) is 23.1 Å². The van der Waals surface area contributed by atoms with Gasteiger partial charge in [0, 0.05) is 10.0 Å². The number of halogens is 2. The topological polar surface area (TPSA) is 9.23 Å². The number of hydrogen-bond donors (Lipinski definition) is 0. The Labute approximate surface area is 164 Å². The summed E-state index contributed by atoms with van der Waals surface area (Å²) in [6, 6.07) is 24.1. The maximum Gasteiger partial charge on any atom is 0.118 e. The van der Waals surface area contributed by atoms with Crippen LogP contribution in [0.25, 0.3) is 5.57 Å². The molecule has 0 saturated heterocycles. The van der Waals surface area contributed by atoms with E-state index in [-0.39, 0.29) is 0 Å². The van der Waals surface area contributed by atoms with Gasteiger partial charge in [-0.15, -0.1) is 0 Å². The summed E-state index contributed by atoms with van der Waals surface area (Å²) in [5.41, 5.74) is 4.76. The van der Waals surface area contributed by atoms with Crippen molar-refractivity contribution >= 4 is 28.8 Å². The second-order valence-electron chi connectivity index (χ2n) is 6.02. The van der Waals surface area contributed by atoms with E-state index in [9.17, 15) is 0 Å². The summed E-state index contributed by atoms with van der Waals surface area (Å²) in [7, 11) is 1.68. The minimum absolute atomic E-state index is 0.738. The molecule has 1 nitrogen and oxygen atoms in total. The van der Waals surface area contributed by atoms with Gasteiger partial charge in [-0.05, 0) is 71.5 Å². The monoisotopic (exact) mass is 382 g/mol. The van der Waals surface area contributed by atoms with Gasteiger partial charge in [0.15, 0.2) is 0 Å². The zero-order valence-electron chi connectivity index (χ0n) is 14.6. The molecule has 3 heteroatoms. The molecule has 0 aliphatic heterocycles. The molecule has 0 atom stereocenters. The van der Waals surface area contributed by atoms with Gasteiger partial charge in [0.1, 0.15) is 5.75 Å². The molecule has 3 aromatic carbocycles. The third-order valence-corrected chi connectivity index (χ3v) is 4.75. The molecule has 3 rings (SSSR count). The van der Waals surface area contributed by atoms with E-state index < -0.39 is 0 Å². The highest BCUT2D eigenvalue weighted by Gasteiger charge is 2.05. The van der Waals surface area contributed by atoms with Crippen LogP contribution in [0.2, 0.25) is 10.0 Å². The van der Waals surface area contributed by atoms with E-state index in [4.69, 9.17) is 27.9 Å². The highest BCUT2D eigenvalue weighted by molar-refractivity contribution is 6.31. The third kappa shape index (κ3) is 4.91. The van der Waals surface area contributed by atoms with E-state index >= 15 is 0 Å². The molecular formula is C23H20Cl2O. The van der Waals surface area contributed by atoms with Gasteiger partial charge in [0.2, 0.25) is 0 Å². The van der Waals surface area contributed by atoms with Crippen molar-refractivity contribution in [3.05, 3.63) is 106 Å². The predicted molar refractivity (Wildman–Crippen MR) is 111 cm³/mol. The Morgan fingerprint density at radius 1 is 0.769 bits per heavy atom. The quantitative estimate of drug-likeness (QED) is 0.442. The maximum atomic E-state index is 6.05. The van der Waals surface area contributed by atoms with Crippen molar-refractivity contribution in [2.75, 3.05) is 7.11 Å². The Kier molecular flexibility index (Phi) is 6.38. The zero-order valence-corrected chi connectivity index (χ0v) is 16.1. The van der Waals surface area contributed by atoms with Crippen LogP contribution in [0.15, 0.2) is 78.9 Å². The van der Waals surface area contributed by atoms with Crippen LogP contribution in [0.4, 0.5) is 0 Å². The SMILES string of the molecule is COc1ccc(CCC=C(c2ccc(Cl)cc2)c2ccc(Cl)cc2)cc1. The predicted octanol–water partition coefficient (Wildman–Crippen LogP) is 7.07. The fourth-order valence-electron chi connectivity index (χ4n) is 2.84. The summed E-state index contributed by atoms with van der Waals surface area (Å²) in [5.74, 6) is 0.882. The highest BCUT2D eigenvalue weighted by Crippen LogP contribution is 2.27. The normalized spacial score (nSPS) is 10.4. The van der Waals surface area contributed by atoms with Crippen molar-refractivity contribution in [1.82, 2.24) is 0 Å². The zero-order chi connectivity index (χ0) is 18.4. The van der Waals surface area contributed by atoms with Gasteiger partial charge >= 0.3 is 0 Å². The molecule has 3 aromatic rings. The summed E-state index contributed by atoms with van der Waals surface area (Å²) >= 11 is 12.1. The Bertz CT molecular complexity index is 816. The molecule has 132 valence electrons. The summed E-state index contributed by atoms with van der Waals surface area (Å²) in [6.07, 6.45) is 4.18. The fourth-order valence-corrected chi connectivity index (χ4v) is 3.09. The molecule has 0 aromatic heterocycles. The van der Waals surface area contributed by atoms with Crippen LogP contribution in [-0.4, -0.2) is 7.11 Å². The number of rotatable bonds is 6. The molecule has 0 aliphatic rings. The standard InChI is InChI=1S/C23H20Cl2O/c1-26-22-15-5-17(6-16-22)3-2-4-23(18-7-11-20(24)12-8-18)19-9-13-21(25)14-10-19/h4-16H,2-3H2,1H3. The van der Waals surface area contributed by atoms with Gasteiger partial charge in [-0.3, -0.25) is 0 Å². The largest absolute Gasteiger partial charge is 0.497 e. The average Bonchev–Trinajstić information content (AvgIpc) is 2.68. The van der Waals surface area contributed by atoms with Crippen molar-refractivity contribution in [3.63, 3.8) is 0 Å². The second-order valence-corrected chi connectivity index (χ2v) is 6.89. The number of allylic oxidation sites excluding steroid dienone is 1. The molecule has 0 spiro atoms. The van der Waals surface area contributed by atoms with E-state index in [2.05, 4.69) is 42.5 Å². The fraction of sp³-hybridized carbons (Fsp3) is 0.130. The van der Waals surface area contributed by atoms with Crippen molar-refractivity contribution in [1.29, 1.82) is 0 Å². The molecule has 0 amide bonds. The van der Waals surface area contributed by atoms with Gasteiger partial charge in [-0.1, -0.05) is 65.7 Å². The molecule has 26 heavy (non-hydrogen) atoms. The van der Waals surface area contributed by atoms with Gasteiger partial charge in [-0.2, -0.15) is 0 Å². The molecule has 0 bridgehead atoms. The Balaban J connectivity index is 1.83. The maximum absolute atomic E-state index is 6.05. The lowest BCUT2D eigenvalue weighted by Gasteiger charge is -2.10. The molecule has 0 N–H and O–H groups in total. The first-order valence-electron chi connectivity index (χ1n) is 8.50. The number of hydrogen-bond acceptors (Lipinski definition) is 1. The number of ether oxygens (including phenoxy) is 1. The van der Waals surface area contributed by atoms with E-state index in [1.807, 2.05) is 36.4 Å². The molecule has 0 saturated carbocycles. The van der Waals surface area contributed by atoms with Crippen LogP contribution in [0.5, 0.6) is 5.75 Å². The lowest BCUT2D eigenvalue weighted by atomic mass is 9.96. The molecule has 0 unspecified atom stereocenters. The van der Waals surface area contributed by atoms with Gasteiger partial charge in [0.25, 0.3) is 0 Å². The first kappa shape index (κ1) is 18.6. The Morgan fingerprint density at radius 2 is 1.27 bits per heavy atom. The summed E-state index contributed by atoms with van der Waals surface area (Å²) in [6.45, 7) is 0. The molecule has 0 radical (unpaired) electrons. The van der Waals surface area contributed by atoms with Crippen molar-refractivity contribution in [3.8, 4) is 5.75 Å². The summed E-state index contributed by atoms with van der Waals surface area (Å²) in [4.78, 5) is 0. The second kappa shape index (κ2) is 8.93. The highest BCUT2D eigenvalue weighted by atomic mass is 35.5.